The van der Waals surface area contributed by atoms with Gasteiger partial charge in [0.15, 0.2) is 0 Å². The van der Waals surface area contributed by atoms with E-state index in [-0.39, 0.29) is 5.91 Å². The molecule has 3 rings (SSSR count). The van der Waals surface area contributed by atoms with Gasteiger partial charge in [0, 0.05) is 22.5 Å². The van der Waals surface area contributed by atoms with Crippen LogP contribution in [0.15, 0.2) is 48.5 Å². The van der Waals surface area contributed by atoms with E-state index in [9.17, 15) is 4.79 Å². The number of ether oxygens (including phenoxy) is 1. The standard InChI is InChI=1S/C18H17ClN2O2/c1-23-15-5-2-12(3-6-15)8-9-20-18(22)17-11-13-10-14(19)4-7-16(13)21-17/h2-7,10-11,21H,8-9H2,1H3,(H,20,22). The maximum absolute atomic E-state index is 12.2. The number of aromatic amines is 1. The van der Waals surface area contributed by atoms with Crippen LogP contribution in [0.1, 0.15) is 16.1 Å². The number of aromatic nitrogens is 1. The van der Waals surface area contributed by atoms with E-state index >= 15 is 0 Å². The van der Waals surface area contributed by atoms with Gasteiger partial charge in [-0.1, -0.05) is 23.7 Å². The number of hydrogen-bond donors (Lipinski definition) is 2. The Morgan fingerprint density at radius 2 is 1.96 bits per heavy atom. The van der Waals surface area contributed by atoms with E-state index < -0.39 is 0 Å². The lowest BCUT2D eigenvalue weighted by molar-refractivity contribution is 0.0950. The molecule has 0 saturated carbocycles. The number of carbonyl (C=O) groups excluding carboxylic acids is 1. The quantitative estimate of drug-likeness (QED) is 0.748. The number of carbonyl (C=O) groups is 1. The fourth-order valence-corrected chi connectivity index (χ4v) is 2.61. The SMILES string of the molecule is COc1ccc(CCNC(=O)c2cc3cc(Cl)ccc3[nH]2)cc1. The highest BCUT2D eigenvalue weighted by molar-refractivity contribution is 6.31. The molecule has 5 heteroatoms. The van der Waals surface area contributed by atoms with Crippen molar-refractivity contribution in [1.82, 2.24) is 10.3 Å². The highest BCUT2D eigenvalue weighted by Crippen LogP contribution is 2.20. The number of methoxy groups -OCH3 is 1. The van der Waals surface area contributed by atoms with Crippen molar-refractivity contribution in [3.05, 3.63) is 64.8 Å². The van der Waals surface area contributed by atoms with Crippen molar-refractivity contribution in [3.8, 4) is 5.75 Å². The maximum atomic E-state index is 12.2. The van der Waals surface area contributed by atoms with Crippen molar-refractivity contribution < 1.29 is 9.53 Å². The molecule has 0 bridgehead atoms. The first kappa shape index (κ1) is 15.4. The van der Waals surface area contributed by atoms with Crippen LogP contribution in [0.5, 0.6) is 5.75 Å². The van der Waals surface area contributed by atoms with Gasteiger partial charge in [-0.3, -0.25) is 4.79 Å². The predicted octanol–water partition coefficient (Wildman–Crippen LogP) is 3.80. The molecule has 0 radical (unpaired) electrons. The van der Waals surface area contributed by atoms with Crippen LogP contribution < -0.4 is 10.1 Å². The molecule has 0 aliphatic carbocycles. The van der Waals surface area contributed by atoms with Gasteiger partial charge in [-0.05, 0) is 48.4 Å². The van der Waals surface area contributed by atoms with E-state index in [0.717, 1.165) is 28.6 Å². The minimum Gasteiger partial charge on any atom is -0.497 e. The average Bonchev–Trinajstić information content (AvgIpc) is 2.98. The minimum atomic E-state index is -0.120. The Morgan fingerprint density at radius 3 is 2.70 bits per heavy atom. The monoisotopic (exact) mass is 328 g/mol. The first-order valence-corrected chi connectivity index (χ1v) is 7.73. The van der Waals surface area contributed by atoms with Crippen molar-refractivity contribution >= 4 is 28.4 Å². The van der Waals surface area contributed by atoms with Crippen LogP contribution in [0, 0.1) is 0 Å². The summed E-state index contributed by atoms with van der Waals surface area (Å²) in [5.41, 5.74) is 2.58. The summed E-state index contributed by atoms with van der Waals surface area (Å²) in [6.07, 6.45) is 0.766. The molecule has 0 atom stereocenters. The number of amides is 1. The molecule has 1 amide bonds. The maximum Gasteiger partial charge on any atom is 0.267 e. The van der Waals surface area contributed by atoms with E-state index in [2.05, 4.69) is 10.3 Å². The summed E-state index contributed by atoms with van der Waals surface area (Å²) in [5.74, 6) is 0.709. The van der Waals surface area contributed by atoms with Gasteiger partial charge in [-0.2, -0.15) is 0 Å². The van der Waals surface area contributed by atoms with Crippen LogP contribution in [0.25, 0.3) is 10.9 Å². The lowest BCUT2D eigenvalue weighted by Gasteiger charge is -2.05. The molecule has 23 heavy (non-hydrogen) atoms. The van der Waals surface area contributed by atoms with Gasteiger partial charge in [0.25, 0.3) is 5.91 Å². The number of nitrogens with one attached hydrogen (secondary N) is 2. The first-order chi connectivity index (χ1) is 11.2. The summed E-state index contributed by atoms with van der Waals surface area (Å²) in [6, 6.07) is 15.1. The lowest BCUT2D eigenvalue weighted by atomic mass is 10.1. The van der Waals surface area contributed by atoms with E-state index in [0.29, 0.717) is 17.3 Å². The number of H-pyrrole nitrogens is 1. The molecule has 118 valence electrons. The van der Waals surface area contributed by atoms with Crippen LogP contribution >= 0.6 is 11.6 Å². The fraction of sp³-hybridized carbons (Fsp3) is 0.167. The van der Waals surface area contributed by atoms with Crippen LogP contribution in [-0.4, -0.2) is 24.5 Å². The summed E-state index contributed by atoms with van der Waals surface area (Å²) < 4.78 is 5.12. The van der Waals surface area contributed by atoms with Crippen molar-refractivity contribution in [3.63, 3.8) is 0 Å². The van der Waals surface area contributed by atoms with Gasteiger partial charge in [-0.15, -0.1) is 0 Å². The Bertz CT molecular complexity index is 825. The molecule has 0 unspecified atom stereocenters. The summed E-state index contributed by atoms with van der Waals surface area (Å²) in [6.45, 7) is 0.571. The second-order valence-electron chi connectivity index (χ2n) is 5.27. The van der Waals surface area contributed by atoms with Crippen LogP contribution in [0.3, 0.4) is 0 Å². The molecular weight excluding hydrogens is 312 g/mol. The van der Waals surface area contributed by atoms with E-state index in [1.54, 1.807) is 13.2 Å². The normalized spacial score (nSPS) is 10.7. The lowest BCUT2D eigenvalue weighted by Crippen LogP contribution is -2.25. The molecule has 3 aromatic rings. The van der Waals surface area contributed by atoms with Crippen LogP contribution in [0.2, 0.25) is 5.02 Å². The van der Waals surface area contributed by atoms with Crippen molar-refractivity contribution in [1.29, 1.82) is 0 Å². The number of hydrogen-bond acceptors (Lipinski definition) is 2. The Kier molecular flexibility index (Phi) is 4.53. The van der Waals surface area contributed by atoms with E-state index in [4.69, 9.17) is 16.3 Å². The minimum absolute atomic E-state index is 0.120. The summed E-state index contributed by atoms with van der Waals surface area (Å²) >= 11 is 5.96. The van der Waals surface area contributed by atoms with Gasteiger partial charge in [-0.25, -0.2) is 0 Å². The smallest absolute Gasteiger partial charge is 0.267 e. The van der Waals surface area contributed by atoms with Crippen LogP contribution in [0.4, 0.5) is 0 Å². The fourth-order valence-electron chi connectivity index (χ4n) is 2.43. The van der Waals surface area contributed by atoms with Crippen LogP contribution in [-0.2, 0) is 6.42 Å². The number of fused-ring (bicyclic) bond motifs is 1. The molecule has 1 aromatic heterocycles. The molecule has 0 spiro atoms. The van der Waals surface area contributed by atoms with Gasteiger partial charge >= 0.3 is 0 Å². The highest BCUT2D eigenvalue weighted by Gasteiger charge is 2.09. The molecule has 0 aliphatic heterocycles. The third kappa shape index (κ3) is 3.66. The summed E-state index contributed by atoms with van der Waals surface area (Å²) in [5, 5.41) is 4.50. The third-order valence-corrected chi connectivity index (χ3v) is 3.92. The molecule has 0 fully saturated rings. The molecule has 2 N–H and O–H groups in total. The Balaban J connectivity index is 1.59. The molecule has 4 nitrogen and oxygen atoms in total. The topological polar surface area (TPSA) is 54.1 Å². The second-order valence-corrected chi connectivity index (χ2v) is 5.70. The highest BCUT2D eigenvalue weighted by atomic mass is 35.5. The molecule has 0 aliphatic rings. The molecular formula is C18H17ClN2O2. The largest absolute Gasteiger partial charge is 0.497 e. The Morgan fingerprint density at radius 1 is 1.17 bits per heavy atom. The van der Waals surface area contributed by atoms with E-state index in [1.165, 1.54) is 0 Å². The van der Waals surface area contributed by atoms with Gasteiger partial charge in [0.05, 0.1) is 7.11 Å². The van der Waals surface area contributed by atoms with Crippen molar-refractivity contribution in [2.24, 2.45) is 0 Å². The zero-order chi connectivity index (χ0) is 16.2. The van der Waals surface area contributed by atoms with Crippen molar-refractivity contribution in [2.75, 3.05) is 13.7 Å². The third-order valence-electron chi connectivity index (χ3n) is 3.69. The number of halogens is 1. The number of rotatable bonds is 5. The molecule has 1 heterocycles. The van der Waals surface area contributed by atoms with Gasteiger partial charge in [0.1, 0.15) is 11.4 Å². The van der Waals surface area contributed by atoms with Gasteiger partial charge < -0.3 is 15.0 Å². The zero-order valence-corrected chi connectivity index (χ0v) is 13.5. The van der Waals surface area contributed by atoms with E-state index in [1.807, 2.05) is 42.5 Å². The van der Waals surface area contributed by atoms with Crippen molar-refractivity contribution in [2.45, 2.75) is 6.42 Å². The second kappa shape index (κ2) is 6.75. The Hall–Kier alpha value is -2.46. The Labute approximate surface area is 139 Å². The van der Waals surface area contributed by atoms with Gasteiger partial charge in [0.2, 0.25) is 0 Å². The average molecular weight is 329 g/mol. The zero-order valence-electron chi connectivity index (χ0n) is 12.7. The predicted molar refractivity (Wildman–Crippen MR) is 92.3 cm³/mol. The number of benzene rings is 2. The summed E-state index contributed by atoms with van der Waals surface area (Å²) in [7, 11) is 1.64. The first-order valence-electron chi connectivity index (χ1n) is 7.35. The summed E-state index contributed by atoms with van der Waals surface area (Å²) in [4.78, 5) is 15.3. The molecule has 0 saturated heterocycles. The molecule has 2 aromatic carbocycles.